The molecule has 11 heavy (non-hydrogen) atoms. The molecule has 1 heterocycles. The van der Waals surface area contributed by atoms with Crippen molar-refractivity contribution in [2.45, 2.75) is 12.5 Å². The summed E-state index contributed by atoms with van der Waals surface area (Å²) in [4.78, 5) is 14.7. The second kappa shape index (κ2) is 4.27. The van der Waals surface area contributed by atoms with E-state index in [2.05, 4.69) is 5.48 Å². The van der Waals surface area contributed by atoms with Gasteiger partial charge >= 0.3 is 5.97 Å². The van der Waals surface area contributed by atoms with Crippen molar-refractivity contribution in [2.24, 2.45) is 0 Å². The van der Waals surface area contributed by atoms with Crippen molar-refractivity contribution in [2.75, 3.05) is 19.8 Å². The number of rotatable bonds is 5. The maximum atomic E-state index is 9.95. The molecule has 2 N–H and O–H groups in total. The largest absolute Gasteiger partial charge is 0.480 e. The van der Waals surface area contributed by atoms with Gasteiger partial charge in [-0.25, -0.2) is 0 Å². The van der Waals surface area contributed by atoms with E-state index in [9.17, 15) is 4.79 Å². The van der Waals surface area contributed by atoms with Crippen LogP contribution in [0.3, 0.4) is 0 Å². The van der Waals surface area contributed by atoms with Crippen LogP contribution in [0.5, 0.6) is 0 Å². The van der Waals surface area contributed by atoms with Gasteiger partial charge in [0, 0.05) is 6.61 Å². The Morgan fingerprint density at radius 2 is 2.55 bits per heavy atom. The van der Waals surface area contributed by atoms with Crippen LogP contribution < -0.4 is 5.48 Å². The van der Waals surface area contributed by atoms with E-state index in [0.717, 1.165) is 13.0 Å². The molecule has 1 atom stereocenters. The van der Waals surface area contributed by atoms with Gasteiger partial charge in [0.15, 0.2) is 0 Å². The fourth-order valence-electron chi connectivity index (χ4n) is 0.681. The lowest BCUT2D eigenvalue weighted by molar-refractivity contribution is -0.143. The van der Waals surface area contributed by atoms with Crippen LogP contribution >= 0.6 is 0 Å². The molecule has 1 aliphatic heterocycles. The maximum Gasteiger partial charge on any atom is 0.319 e. The molecule has 0 saturated carbocycles. The van der Waals surface area contributed by atoms with Crippen molar-refractivity contribution in [1.29, 1.82) is 0 Å². The molecule has 0 bridgehead atoms. The van der Waals surface area contributed by atoms with E-state index in [0.29, 0.717) is 6.61 Å². The van der Waals surface area contributed by atoms with Gasteiger partial charge in [0.1, 0.15) is 6.54 Å². The monoisotopic (exact) mass is 161 g/mol. The second-order valence-electron chi connectivity index (χ2n) is 2.31. The van der Waals surface area contributed by atoms with Gasteiger partial charge < -0.3 is 9.84 Å². The molecule has 0 spiro atoms. The highest BCUT2D eigenvalue weighted by Crippen LogP contribution is 2.09. The average molecular weight is 161 g/mol. The van der Waals surface area contributed by atoms with Gasteiger partial charge in [0.05, 0.1) is 12.7 Å². The minimum Gasteiger partial charge on any atom is -0.480 e. The number of aliphatic carboxylic acids is 1. The van der Waals surface area contributed by atoms with Gasteiger partial charge in [-0.05, 0) is 6.42 Å². The van der Waals surface area contributed by atoms with Crippen LogP contribution in [0.2, 0.25) is 0 Å². The molecule has 1 aliphatic rings. The van der Waals surface area contributed by atoms with E-state index in [1.807, 2.05) is 0 Å². The Labute approximate surface area is 64.2 Å². The highest BCUT2D eigenvalue weighted by Gasteiger charge is 2.17. The molecule has 0 aromatic rings. The summed E-state index contributed by atoms with van der Waals surface area (Å²) in [6.45, 7) is 1.03. The first kappa shape index (κ1) is 8.45. The zero-order chi connectivity index (χ0) is 8.10. The number of carboxylic acid groups (broad SMARTS) is 1. The lowest BCUT2D eigenvalue weighted by Gasteiger charge is -2.25. The first-order valence-electron chi connectivity index (χ1n) is 3.47. The first-order valence-corrected chi connectivity index (χ1v) is 3.47. The molecule has 1 rings (SSSR count). The highest BCUT2D eigenvalue weighted by atomic mass is 16.7. The number of ether oxygens (including phenoxy) is 1. The molecule has 1 unspecified atom stereocenters. The van der Waals surface area contributed by atoms with Crippen molar-refractivity contribution in [1.82, 2.24) is 5.48 Å². The van der Waals surface area contributed by atoms with Crippen molar-refractivity contribution in [3.05, 3.63) is 0 Å². The summed E-state index contributed by atoms with van der Waals surface area (Å²) in [5, 5.41) is 8.18. The van der Waals surface area contributed by atoms with Crippen molar-refractivity contribution in [3.63, 3.8) is 0 Å². The van der Waals surface area contributed by atoms with Crippen LogP contribution in [0.25, 0.3) is 0 Å². The quantitative estimate of drug-likeness (QED) is 0.415. The van der Waals surface area contributed by atoms with E-state index in [-0.39, 0.29) is 12.6 Å². The SMILES string of the molecule is O=C(O)CNOCC1CCO1. The lowest BCUT2D eigenvalue weighted by atomic mass is 10.2. The minimum atomic E-state index is -0.931. The van der Waals surface area contributed by atoms with Gasteiger partial charge in [-0.2, -0.15) is 5.48 Å². The Balaban J connectivity index is 1.83. The Morgan fingerprint density at radius 3 is 3.00 bits per heavy atom. The molecule has 0 aromatic heterocycles. The van der Waals surface area contributed by atoms with Crippen molar-refractivity contribution >= 4 is 5.97 Å². The normalized spacial score (nSPS) is 22.7. The summed E-state index contributed by atoms with van der Waals surface area (Å²) in [5.41, 5.74) is 2.30. The zero-order valence-corrected chi connectivity index (χ0v) is 6.08. The minimum absolute atomic E-state index is 0.149. The molecular weight excluding hydrogens is 150 g/mol. The number of nitrogens with one attached hydrogen (secondary N) is 1. The molecule has 0 amide bonds. The lowest BCUT2D eigenvalue weighted by Crippen LogP contribution is -2.35. The Bertz CT molecular complexity index is 135. The molecule has 0 aromatic carbocycles. The maximum absolute atomic E-state index is 9.95. The molecule has 0 radical (unpaired) electrons. The Kier molecular flexibility index (Phi) is 3.28. The third kappa shape index (κ3) is 3.31. The molecule has 5 nitrogen and oxygen atoms in total. The number of hydrogen-bond donors (Lipinski definition) is 2. The fraction of sp³-hybridized carbons (Fsp3) is 0.833. The van der Waals surface area contributed by atoms with Crippen LogP contribution in [-0.4, -0.2) is 36.9 Å². The fourth-order valence-corrected chi connectivity index (χ4v) is 0.681. The van der Waals surface area contributed by atoms with Crippen molar-refractivity contribution in [3.8, 4) is 0 Å². The first-order chi connectivity index (χ1) is 5.29. The van der Waals surface area contributed by atoms with Crippen LogP contribution in [0, 0.1) is 0 Å². The highest BCUT2D eigenvalue weighted by molar-refractivity contribution is 5.68. The summed E-state index contributed by atoms with van der Waals surface area (Å²) in [7, 11) is 0. The summed E-state index contributed by atoms with van der Waals surface area (Å²) in [6, 6.07) is 0. The predicted octanol–water partition coefficient (Wildman–Crippen LogP) is -0.619. The third-order valence-electron chi connectivity index (χ3n) is 1.39. The molecule has 1 saturated heterocycles. The second-order valence-corrected chi connectivity index (χ2v) is 2.31. The molecular formula is C6H11NO4. The number of carboxylic acids is 1. The summed E-state index contributed by atoms with van der Waals surface area (Å²) in [6.07, 6.45) is 1.14. The van der Waals surface area contributed by atoms with E-state index in [1.165, 1.54) is 0 Å². The van der Waals surface area contributed by atoms with E-state index in [4.69, 9.17) is 14.7 Å². The Morgan fingerprint density at radius 1 is 1.82 bits per heavy atom. The molecule has 64 valence electrons. The van der Waals surface area contributed by atoms with Crippen LogP contribution in [0.15, 0.2) is 0 Å². The molecule has 0 aliphatic carbocycles. The van der Waals surface area contributed by atoms with Crippen LogP contribution in [0.1, 0.15) is 6.42 Å². The van der Waals surface area contributed by atoms with Crippen LogP contribution in [-0.2, 0) is 14.4 Å². The smallest absolute Gasteiger partial charge is 0.319 e. The van der Waals surface area contributed by atoms with Crippen molar-refractivity contribution < 1.29 is 19.5 Å². The van der Waals surface area contributed by atoms with E-state index in [1.54, 1.807) is 0 Å². The van der Waals surface area contributed by atoms with Gasteiger partial charge in [0.25, 0.3) is 0 Å². The van der Waals surface area contributed by atoms with Gasteiger partial charge in [-0.15, -0.1) is 0 Å². The van der Waals surface area contributed by atoms with E-state index >= 15 is 0 Å². The van der Waals surface area contributed by atoms with Crippen LogP contribution in [0.4, 0.5) is 0 Å². The topological polar surface area (TPSA) is 67.8 Å². The summed E-state index contributed by atoms with van der Waals surface area (Å²) < 4.78 is 5.03. The predicted molar refractivity (Wildman–Crippen MR) is 35.9 cm³/mol. The number of hydroxylamine groups is 1. The van der Waals surface area contributed by atoms with Gasteiger partial charge in [-0.1, -0.05) is 0 Å². The van der Waals surface area contributed by atoms with Gasteiger partial charge in [0.2, 0.25) is 0 Å². The Hall–Kier alpha value is -0.650. The summed E-state index contributed by atoms with van der Waals surface area (Å²) >= 11 is 0. The molecule has 1 fully saturated rings. The number of hydrogen-bond acceptors (Lipinski definition) is 4. The summed E-state index contributed by atoms with van der Waals surface area (Å²) in [5.74, 6) is -0.931. The zero-order valence-electron chi connectivity index (χ0n) is 6.08. The number of carbonyl (C=O) groups is 1. The molecule has 5 heteroatoms. The third-order valence-corrected chi connectivity index (χ3v) is 1.39. The van der Waals surface area contributed by atoms with E-state index < -0.39 is 5.97 Å². The standard InChI is InChI=1S/C6H11NO4/c8-6(9)3-7-11-4-5-1-2-10-5/h5,7H,1-4H2,(H,8,9). The van der Waals surface area contributed by atoms with Gasteiger partial charge in [-0.3, -0.25) is 9.63 Å². The average Bonchev–Trinajstić information content (AvgIpc) is 1.82.